The van der Waals surface area contributed by atoms with E-state index in [1.54, 1.807) is 0 Å². The maximum absolute atomic E-state index is 12.3. The van der Waals surface area contributed by atoms with E-state index < -0.39 is 0 Å². The van der Waals surface area contributed by atoms with E-state index in [-0.39, 0.29) is 18.5 Å². The van der Waals surface area contributed by atoms with Gasteiger partial charge in [0.25, 0.3) is 0 Å². The molecule has 0 aliphatic heterocycles. The molecule has 3 rings (SSSR count). The summed E-state index contributed by atoms with van der Waals surface area (Å²) in [5.74, 6) is 0.134. The number of Topliss-reactive ketones (excluding diaryl/α,β-unsaturated/α-hetero) is 1. The van der Waals surface area contributed by atoms with Crippen molar-refractivity contribution in [2.75, 3.05) is 6.61 Å². The van der Waals surface area contributed by atoms with E-state index in [9.17, 15) is 4.79 Å². The number of ketones is 1. The lowest BCUT2D eigenvalue weighted by molar-refractivity contribution is 0.00862. The Labute approximate surface area is 127 Å². The topological polar surface area (TPSA) is 26.3 Å². The van der Waals surface area contributed by atoms with Crippen molar-refractivity contribution in [3.8, 4) is 0 Å². The van der Waals surface area contributed by atoms with Gasteiger partial charge in [-0.1, -0.05) is 26.0 Å². The van der Waals surface area contributed by atoms with Gasteiger partial charge >= 0.3 is 0 Å². The highest BCUT2D eigenvalue weighted by atomic mass is 16.5. The normalized spacial score (nSPS) is 21.2. The summed E-state index contributed by atoms with van der Waals surface area (Å²) in [5, 5.41) is 0. The van der Waals surface area contributed by atoms with Crippen molar-refractivity contribution in [1.29, 1.82) is 0 Å². The van der Waals surface area contributed by atoms with Crippen LogP contribution < -0.4 is 0 Å². The van der Waals surface area contributed by atoms with Crippen LogP contribution >= 0.6 is 0 Å². The molecule has 0 saturated heterocycles. The van der Waals surface area contributed by atoms with Gasteiger partial charge in [-0.2, -0.15) is 0 Å². The number of hydrogen-bond donors (Lipinski definition) is 0. The van der Waals surface area contributed by atoms with Crippen molar-refractivity contribution in [2.45, 2.75) is 64.9 Å². The highest BCUT2D eigenvalue weighted by Crippen LogP contribution is 2.36. The molecule has 0 spiro atoms. The van der Waals surface area contributed by atoms with Crippen molar-refractivity contribution >= 4 is 5.78 Å². The molecule has 1 aromatic carbocycles. The molecule has 1 saturated carbocycles. The van der Waals surface area contributed by atoms with Crippen LogP contribution in [-0.4, -0.2) is 18.5 Å². The van der Waals surface area contributed by atoms with Crippen LogP contribution in [0.15, 0.2) is 18.2 Å². The second-order valence-corrected chi connectivity index (χ2v) is 7.43. The summed E-state index contributed by atoms with van der Waals surface area (Å²) in [4.78, 5) is 12.3. The lowest BCUT2D eigenvalue weighted by Crippen LogP contribution is -2.28. The summed E-state index contributed by atoms with van der Waals surface area (Å²) in [6.45, 7) is 4.88. The first-order valence-corrected chi connectivity index (χ1v) is 8.30. The Morgan fingerprint density at radius 2 is 1.90 bits per heavy atom. The lowest BCUT2D eigenvalue weighted by Gasteiger charge is -2.34. The molecule has 0 unspecified atom stereocenters. The molecular formula is C19H26O2. The Bertz CT molecular complexity index is 520. The molecule has 0 aromatic heterocycles. The van der Waals surface area contributed by atoms with Crippen molar-refractivity contribution in [1.82, 2.24) is 0 Å². The summed E-state index contributed by atoms with van der Waals surface area (Å²) in [6, 6.07) is 6.18. The zero-order chi connectivity index (χ0) is 14.9. The predicted octanol–water partition coefficient (Wildman–Crippen LogP) is 4.34. The zero-order valence-corrected chi connectivity index (χ0v) is 13.3. The SMILES string of the molecule is CC1(C)CCC(OCC(=O)c2ccc3c(c2)CCC3)CC1. The quantitative estimate of drug-likeness (QED) is 0.769. The van der Waals surface area contributed by atoms with Gasteiger partial charge in [-0.05, 0) is 67.6 Å². The lowest BCUT2D eigenvalue weighted by atomic mass is 9.76. The van der Waals surface area contributed by atoms with Gasteiger partial charge in [0.05, 0.1) is 6.10 Å². The van der Waals surface area contributed by atoms with E-state index in [4.69, 9.17) is 4.74 Å². The molecule has 0 atom stereocenters. The Morgan fingerprint density at radius 3 is 2.67 bits per heavy atom. The molecule has 1 fully saturated rings. The molecular weight excluding hydrogens is 260 g/mol. The van der Waals surface area contributed by atoms with Gasteiger partial charge in [-0.25, -0.2) is 0 Å². The summed E-state index contributed by atoms with van der Waals surface area (Å²) < 4.78 is 5.86. The first-order chi connectivity index (χ1) is 10.0. The number of rotatable bonds is 4. The molecule has 0 heterocycles. The number of hydrogen-bond acceptors (Lipinski definition) is 2. The Hall–Kier alpha value is -1.15. The van der Waals surface area contributed by atoms with E-state index in [2.05, 4.69) is 26.0 Å². The largest absolute Gasteiger partial charge is 0.370 e. The van der Waals surface area contributed by atoms with Crippen LogP contribution in [0.1, 0.15) is 67.4 Å². The number of ether oxygens (including phenoxy) is 1. The maximum atomic E-state index is 12.3. The van der Waals surface area contributed by atoms with E-state index in [0.29, 0.717) is 5.41 Å². The molecule has 2 aliphatic rings. The number of carbonyl (C=O) groups excluding carboxylic acids is 1. The zero-order valence-electron chi connectivity index (χ0n) is 13.3. The molecule has 2 nitrogen and oxygen atoms in total. The first-order valence-electron chi connectivity index (χ1n) is 8.30. The van der Waals surface area contributed by atoms with Crippen LogP contribution in [0.2, 0.25) is 0 Å². The minimum atomic E-state index is 0.134. The third kappa shape index (κ3) is 3.55. The van der Waals surface area contributed by atoms with Crippen molar-refractivity contribution in [2.24, 2.45) is 5.41 Å². The maximum Gasteiger partial charge on any atom is 0.188 e. The number of carbonyl (C=O) groups is 1. The van der Waals surface area contributed by atoms with Crippen LogP contribution in [-0.2, 0) is 17.6 Å². The number of benzene rings is 1. The fourth-order valence-corrected chi connectivity index (χ4v) is 3.56. The van der Waals surface area contributed by atoms with Gasteiger partial charge in [-0.15, -0.1) is 0 Å². The molecule has 2 aliphatic carbocycles. The average Bonchev–Trinajstić information content (AvgIpc) is 2.93. The highest BCUT2D eigenvalue weighted by molar-refractivity contribution is 5.97. The van der Waals surface area contributed by atoms with E-state index in [1.165, 1.54) is 30.4 Å². The van der Waals surface area contributed by atoms with Crippen LogP contribution in [0.25, 0.3) is 0 Å². The Morgan fingerprint density at radius 1 is 1.19 bits per heavy atom. The van der Waals surface area contributed by atoms with E-state index >= 15 is 0 Å². The van der Waals surface area contributed by atoms with Gasteiger partial charge in [0.15, 0.2) is 5.78 Å². The monoisotopic (exact) mass is 286 g/mol. The third-order valence-corrected chi connectivity index (χ3v) is 5.16. The van der Waals surface area contributed by atoms with Gasteiger partial charge < -0.3 is 4.74 Å². The summed E-state index contributed by atoms with van der Waals surface area (Å²) >= 11 is 0. The molecule has 0 bridgehead atoms. The third-order valence-electron chi connectivity index (χ3n) is 5.16. The number of fused-ring (bicyclic) bond motifs is 1. The van der Waals surface area contributed by atoms with Crippen LogP contribution in [0.4, 0.5) is 0 Å². The standard InChI is InChI=1S/C19H26O2/c1-19(2)10-8-17(9-11-19)21-13-18(20)16-7-6-14-4-3-5-15(14)12-16/h6-7,12,17H,3-5,8-11,13H2,1-2H3. The van der Waals surface area contributed by atoms with Gasteiger partial charge in [-0.3, -0.25) is 4.79 Å². The molecule has 114 valence electrons. The highest BCUT2D eigenvalue weighted by Gasteiger charge is 2.27. The summed E-state index contributed by atoms with van der Waals surface area (Å²) in [5.41, 5.74) is 4.05. The van der Waals surface area contributed by atoms with Crippen molar-refractivity contribution in [3.63, 3.8) is 0 Å². The molecule has 0 N–H and O–H groups in total. The van der Waals surface area contributed by atoms with Crippen LogP contribution in [0.3, 0.4) is 0 Å². The second-order valence-electron chi connectivity index (χ2n) is 7.43. The summed E-state index contributed by atoms with van der Waals surface area (Å²) in [7, 11) is 0. The molecule has 1 aromatic rings. The van der Waals surface area contributed by atoms with Gasteiger partial charge in [0.2, 0.25) is 0 Å². The van der Waals surface area contributed by atoms with Crippen molar-refractivity contribution in [3.05, 3.63) is 34.9 Å². The smallest absolute Gasteiger partial charge is 0.188 e. The first kappa shape index (κ1) is 14.8. The van der Waals surface area contributed by atoms with Gasteiger partial charge in [0, 0.05) is 5.56 Å². The average molecular weight is 286 g/mol. The number of aryl methyl sites for hydroxylation is 2. The molecule has 2 heteroatoms. The second kappa shape index (κ2) is 5.92. The fraction of sp³-hybridized carbons (Fsp3) is 0.632. The van der Waals surface area contributed by atoms with Crippen LogP contribution in [0.5, 0.6) is 0 Å². The Kier molecular flexibility index (Phi) is 4.17. The van der Waals surface area contributed by atoms with E-state index in [1.807, 2.05) is 6.07 Å². The fourth-order valence-electron chi connectivity index (χ4n) is 3.56. The minimum absolute atomic E-state index is 0.134. The predicted molar refractivity (Wildman–Crippen MR) is 84.8 cm³/mol. The molecule has 21 heavy (non-hydrogen) atoms. The Balaban J connectivity index is 1.53. The van der Waals surface area contributed by atoms with E-state index in [0.717, 1.165) is 31.2 Å². The van der Waals surface area contributed by atoms with Crippen LogP contribution in [0, 0.1) is 5.41 Å². The van der Waals surface area contributed by atoms with Gasteiger partial charge in [0.1, 0.15) is 6.61 Å². The van der Waals surface area contributed by atoms with Crippen molar-refractivity contribution < 1.29 is 9.53 Å². The molecule has 0 amide bonds. The molecule has 0 radical (unpaired) electrons. The minimum Gasteiger partial charge on any atom is -0.370 e. The summed E-state index contributed by atoms with van der Waals surface area (Å²) in [6.07, 6.45) is 8.36.